The second-order valence-electron chi connectivity index (χ2n) is 5.76. The van der Waals surface area contributed by atoms with E-state index in [0.29, 0.717) is 24.5 Å². The molecule has 0 aliphatic rings. The number of benzene rings is 2. The minimum Gasteiger partial charge on any atom is -0.493 e. The molecule has 0 radical (unpaired) electrons. The van der Waals surface area contributed by atoms with E-state index in [0.717, 1.165) is 16.9 Å². The first-order chi connectivity index (χ1) is 12.0. The van der Waals surface area contributed by atoms with Gasteiger partial charge in [-0.2, -0.15) is 0 Å². The Morgan fingerprint density at radius 3 is 2.44 bits per heavy atom. The van der Waals surface area contributed by atoms with Crippen molar-refractivity contribution in [3.05, 3.63) is 53.6 Å². The van der Waals surface area contributed by atoms with Crippen molar-refractivity contribution < 1.29 is 19.0 Å². The summed E-state index contributed by atoms with van der Waals surface area (Å²) >= 11 is 0. The fourth-order valence-electron chi connectivity index (χ4n) is 2.44. The SMILES string of the molecule is COc1ccc(CCNC(=O)[C@H](C)Oc2ccccc2C)cc1OC. The number of aryl methyl sites for hydroxylation is 1. The summed E-state index contributed by atoms with van der Waals surface area (Å²) in [6, 6.07) is 13.4. The molecule has 2 aromatic carbocycles. The van der Waals surface area contributed by atoms with Crippen LogP contribution in [0.25, 0.3) is 0 Å². The van der Waals surface area contributed by atoms with E-state index in [-0.39, 0.29) is 5.91 Å². The summed E-state index contributed by atoms with van der Waals surface area (Å²) < 4.78 is 16.2. The maximum absolute atomic E-state index is 12.2. The summed E-state index contributed by atoms with van der Waals surface area (Å²) in [4.78, 5) is 12.2. The van der Waals surface area contributed by atoms with Gasteiger partial charge in [0.25, 0.3) is 5.91 Å². The quantitative estimate of drug-likeness (QED) is 0.800. The molecule has 0 fully saturated rings. The van der Waals surface area contributed by atoms with Crippen molar-refractivity contribution in [1.82, 2.24) is 5.32 Å². The first-order valence-corrected chi connectivity index (χ1v) is 8.26. The smallest absolute Gasteiger partial charge is 0.260 e. The van der Waals surface area contributed by atoms with Gasteiger partial charge in [0, 0.05) is 6.54 Å². The van der Waals surface area contributed by atoms with Gasteiger partial charge < -0.3 is 19.5 Å². The molecule has 0 saturated heterocycles. The first-order valence-electron chi connectivity index (χ1n) is 8.26. The van der Waals surface area contributed by atoms with Crippen molar-refractivity contribution in [2.45, 2.75) is 26.4 Å². The van der Waals surface area contributed by atoms with E-state index in [9.17, 15) is 4.79 Å². The number of hydrogen-bond donors (Lipinski definition) is 1. The maximum atomic E-state index is 12.2. The number of para-hydroxylation sites is 1. The molecule has 25 heavy (non-hydrogen) atoms. The lowest BCUT2D eigenvalue weighted by atomic mass is 10.1. The summed E-state index contributed by atoms with van der Waals surface area (Å²) in [6.07, 6.45) is 0.148. The summed E-state index contributed by atoms with van der Waals surface area (Å²) in [7, 11) is 3.21. The van der Waals surface area contributed by atoms with Crippen LogP contribution in [0.1, 0.15) is 18.1 Å². The second kappa shape index (κ2) is 8.97. The van der Waals surface area contributed by atoms with Crippen LogP contribution in [0.15, 0.2) is 42.5 Å². The van der Waals surface area contributed by atoms with Crippen molar-refractivity contribution in [2.24, 2.45) is 0 Å². The van der Waals surface area contributed by atoms with Crippen LogP contribution in [0, 0.1) is 6.92 Å². The molecule has 2 aromatic rings. The van der Waals surface area contributed by atoms with Crippen LogP contribution in [0.3, 0.4) is 0 Å². The molecule has 5 heteroatoms. The monoisotopic (exact) mass is 343 g/mol. The molecule has 5 nitrogen and oxygen atoms in total. The van der Waals surface area contributed by atoms with Gasteiger partial charge in [-0.15, -0.1) is 0 Å². The first kappa shape index (κ1) is 18.6. The molecule has 0 aliphatic heterocycles. The second-order valence-corrected chi connectivity index (χ2v) is 5.76. The van der Waals surface area contributed by atoms with E-state index in [1.54, 1.807) is 21.1 Å². The van der Waals surface area contributed by atoms with E-state index < -0.39 is 6.10 Å². The average Bonchev–Trinajstić information content (AvgIpc) is 2.63. The Hall–Kier alpha value is -2.69. The largest absolute Gasteiger partial charge is 0.493 e. The summed E-state index contributed by atoms with van der Waals surface area (Å²) in [5.41, 5.74) is 2.07. The number of carbonyl (C=O) groups excluding carboxylic acids is 1. The molecule has 0 spiro atoms. The predicted molar refractivity (Wildman–Crippen MR) is 97.5 cm³/mol. The van der Waals surface area contributed by atoms with Crippen molar-refractivity contribution >= 4 is 5.91 Å². The molecular formula is C20H25NO4. The van der Waals surface area contributed by atoms with Gasteiger partial charge >= 0.3 is 0 Å². The lowest BCUT2D eigenvalue weighted by Gasteiger charge is -2.16. The zero-order valence-corrected chi connectivity index (χ0v) is 15.2. The summed E-state index contributed by atoms with van der Waals surface area (Å²) in [5, 5.41) is 2.90. The zero-order chi connectivity index (χ0) is 18.2. The summed E-state index contributed by atoms with van der Waals surface area (Å²) in [5.74, 6) is 1.96. The van der Waals surface area contributed by atoms with E-state index >= 15 is 0 Å². The summed E-state index contributed by atoms with van der Waals surface area (Å²) in [6.45, 7) is 4.23. The van der Waals surface area contributed by atoms with Crippen molar-refractivity contribution in [2.75, 3.05) is 20.8 Å². The van der Waals surface area contributed by atoms with E-state index in [1.165, 1.54) is 0 Å². The third-order valence-corrected chi connectivity index (χ3v) is 3.93. The van der Waals surface area contributed by atoms with Gasteiger partial charge in [0.1, 0.15) is 5.75 Å². The Kier molecular flexibility index (Phi) is 6.69. The zero-order valence-electron chi connectivity index (χ0n) is 15.2. The highest BCUT2D eigenvalue weighted by Gasteiger charge is 2.15. The molecule has 1 atom stereocenters. The fourth-order valence-corrected chi connectivity index (χ4v) is 2.44. The van der Waals surface area contributed by atoms with Crippen molar-refractivity contribution in [3.63, 3.8) is 0 Å². The van der Waals surface area contributed by atoms with Gasteiger partial charge in [-0.1, -0.05) is 24.3 Å². The maximum Gasteiger partial charge on any atom is 0.260 e. The lowest BCUT2D eigenvalue weighted by Crippen LogP contribution is -2.37. The number of hydrogen-bond acceptors (Lipinski definition) is 4. The Morgan fingerprint density at radius 1 is 1.04 bits per heavy atom. The average molecular weight is 343 g/mol. The number of rotatable bonds is 8. The predicted octanol–water partition coefficient (Wildman–Crippen LogP) is 3.14. The number of carbonyl (C=O) groups is 1. The number of amides is 1. The fraction of sp³-hybridized carbons (Fsp3) is 0.350. The van der Waals surface area contributed by atoms with Crippen LogP contribution in [-0.4, -0.2) is 32.8 Å². The molecule has 2 rings (SSSR count). The molecule has 1 amide bonds. The van der Waals surface area contributed by atoms with E-state index in [1.807, 2.05) is 49.4 Å². The van der Waals surface area contributed by atoms with Crippen LogP contribution >= 0.6 is 0 Å². The van der Waals surface area contributed by atoms with Crippen molar-refractivity contribution in [3.8, 4) is 17.2 Å². The van der Waals surface area contributed by atoms with Crippen molar-refractivity contribution in [1.29, 1.82) is 0 Å². The Labute approximate surface area is 148 Å². The molecule has 0 heterocycles. The third-order valence-electron chi connectivity index (χ3n) is 3.93. The highest BCUT2D eigenvalue weighted by Crippen LogP contribution is 2.27. The highest BCUT2D eigenvalue weighted by atomic mass is 16.5. The van der Waals surface area contributed by atoms with Gasteiger partial charge in [-0.05, 0) is 49.6 Å². The van der Waals surface area contributed by atoms with E-state index in [2.05, 4.69) is 5.32 Å². The van der Waals surface area contributed by atoms with Crippen LogP contribution in [0.5, 0.6) is 17.2 Å². The van der Waals surface area contributed by atoms with Crippen LogP contribution < -0.4 is 19.5 Å². The van der Waals surface area contributed by atoms with E-state index in [4.69, 9.17) is 14.2 Å². The van der Waals surface area contributed by atoms with Gasteiger partial charge in [0.15, 0.2) is 17.6 Å². The van der Waals surface area contributed by atoms with Gasteiger partial charge in [-0.3, -0.25) is 4.79 Å². The normalized spacial score (nSPS) is 11.5. The minimum atomic E-state index is -0.550. The molecule has 0 aliphatic carbocycles. The molecule has 0 aromatic heterocycles. The van der Waals surface area contributed by atoms with Crippen LogP contribution in [0.2, 0.25) is 0 Å². The Morgan fingerprint density at radius 2 is 1.76 bits per heavy atom. The molecule has 0 saturated carbocycles. The van der Waals surface area contributed by atoms with Gasteiger partial charge in [0.05, 0.1) is 14.2 Å². The Balaban J connectivity index is 1.84. The van der Waals surface area contributed by atoms with Crippen LogP contribution in [-0.2, 0) is 11.2 Å². The minimum absolute atomic E-state index is 0.135. The molecule has 0 unspecified atom stereocenters. The third kappa shape index (κ3) is 5.14. The molecule has 1 N–H and O–H groups in total. The standard InChI is InChI=1S/C20H25NO4/c1-14-7-5-6-8-17(14)25-15(2)20(22)21-12-11-16-9-10-18(23-3)19(13-16)24-4/h5-10,13,15H,11-12H2,1-4H3,(H,21,22)/t15-/m0/s1. The molecular weight excluding hydrogens is 318 g/mol. The van der Waals surface area contributed by atoms with Gasteiger partial charge in [-0.25, -0.2) is 0 Å². The molecule has 0 bridgehead atoms. The topological polar surface area (TPSA) is 56.8 Å². The number of methoxy groups -OCH3 is 2. The van der Waals surface area contributed by atoms with Crippen LogP contribution in [0.4, 0.5) is 0 Å². The Bertz CT molecular complexity index is 715. The number of ether oxygens (including phenoxy) is 3. The van der Waals surface area contributed by atoms with Gasteiger partial charge in [0.2, 0.25) is 0 Å². The molecule has 134 valence electrons. The lowest BCUT2D eigenvalue weighted by molar-refractivity contribution is -0.127. The number of nitrogens with one attached hydrogen (secondary N) is 1. The highest BCUT2D eigenvalue weighted by molar-refractivity contribution is 5.80.